The summed E-state index contributed by atoms with van der Waals surface area (Å²) in [7, 11) is 0. The largest absolute Gasteiger partial charge is 0.466 e. The van der Waals surface area contributed by atoms with Crippen molar-refractivity contribution in [2.75, 3.05) is 5.32 Å². The minimum absolute atomic E-state index is 0.126. The highest BCUT2D eigenvalue weighted by molar-refractivity contribution is 5.68. The van der Waals surface area contributed by atoms with E-state index in [2.05, 4.69) is 28.4 Å². The third-order valence-electron chi connectivity index (χ3n) is 3.41. The molecule has 0 aliphatic rings. The van der Waals surface area contributed by atoms with Gasteiger partial charge in [0.1, 0.15) is 17.0 Å². The minimum Gasteiger partial charge on any atom is -0.466 e. The summed E-state index contributed by atoms with van der Waals surface area (Å²) in [4.78, 5) is 4.42. The summed E-state index contributed by atoms with van der Waals surface area (Å²) < 4.78 is 7.43. The van der Waals surface area contributed by atoms with Crippen LogP contribution < -0.4 is 5.32 Å². The smallest absolute Gasteiger partial charge is 0.152 e. The molecule has 0 spiro atoms. The summed E-state index contributed by atoms with van der Waals surface area (Å²) in [6.45, 7) is 8.02. The normalized spacial score (nSPS) is 12.8. The first-order chi connectivity index (χ1) is 9.54. The average Bonchev–Trinajstić information content (AvgIpc) is 2.91. The quantitative estimate of drug-likeness (QED) is 0.792. The topological polar surface area (TPSA) is 55.4 Å². The maximum Gasteiger partial charge on any atom is 0.152 e. The van der Waals surface area contributed by atoms with E-state index in [9.17, 15) is 0 Å². The van der Waals surface area contributed by atoms with Crippen LogP contribution in [-0.4, -0.2) is 14.6 Å². The van der Waals surface area contributed by atoms with E-state index in [1.54, 1.807) is 6.20 Å². The van der Waals surface area contributed by atoms with Gasteiger partial charge in [0, 0.05) is 18.0 Å². The van der Waals surface area contributed by atoms with Crippen LogP contribution in [0.4, 0.5) is 5.82 Å². The summed E-state index contributed by atoms with van der Waals surface area (Å²) >= 11 is 0. The molecular weight excluding hydrogens is 252 g/mol. The standard InChI is InChI=1S/C15H18N4O/c1-9-7-14-15(16-5-6-19(14)18-9)17-11(3)13-8-10(2)20-12(13)4/h5-8,11H,1-4H3,(H,16,17). The number of rotatable bonds is 3. The van der Waals surface area contributed by atoms with E-state index in [0.717, 1.165) is 34.1 Å². The molecule has 3 aromatic heterocycles. The molecule has 0 saturated heterocycles. The number of anilines is 1. The summed E-state index contributed by atoms with van der Waals surface area (Å²) in [6, 6.07) is 4.21. The maximum absolute atomic E-state index is 5.59. The van der Waals surface area contributed by atoms with Gasteiger partial charge in [0.05, 0.1) is 11.7 Å². The highest BCUT2D eigenvalue weighted by Gasteiger charge is 2.14. The zero-order valence-electron chi connectivity index (χ0n) is 12.1. The van der Waals surface area contributed by atoms with E-state index in [1.165, 1.54) is 0 Å². The zero-order valence-corrected chi connectivity index (χ0v) is 12.1. The molecule has 0 aromatic carbocycles. The van der Waals surface area contributed by atoms with E-state index >= 15 is 0 Å². The lowest BCUT2D eigenvalue weighted by Gasteiger charge is -2.14. The second kappa shape index (κ2) is 4.67. The van der Waals surface area contributed by atoms with Crippen molar-refractivity contribution in [2.45, 2.75) is 33.7 Å². The molecule has 0 radical (unpaired) electrons. The van der Waals surface area contributed by atoms with Gasteiger partial charge in [-0.3, -0.25) is 0 Å². The molecule has 3 rings (SSSR count). The number of aryl methyl sites for hydroxylation is 3. The van der Waals surface area contributed by atoms with Gasteiger partial charge in [0.25, 0.3) is 0 Å². The minimum atomic E-state index is 0.126. The van der Waals surface area contributed by atoms with Crippen LogP contribution in [0.2, 0.25) is 0 Å². The molecule has 1 N–H and O–H groups in total. The molecule has 5 nitrogen and oxygen atoms in total. The number of aromatic nitrogens is 3. The van der Waals surface area contributed by atoms with Crippen LogP contribution in [0.15, 0.2) is 28.9 Å². The Morgan fingerprint density at radius 3 is 2.75 bits per heavy atom. The van der Waals surface area contributed by atoms with Crippen molar-refractivity contribution >= 4 is 11.3 Å². The maximum atomic E-state index is 5.59. The highest BCUT2D eigenvalue weighted by Crippen LogP contribution is 2.26. The lowest BCUT2D eigenvalue weighted by Crippen LogP contribution is -2.09. The Hall–Kier alpha value is -2.30. The van der Waals surface area contributed by atoms with E-state index in [-0.39, 0.29) is 6.04 Å². The number of nitrogens with zero attached hydrogens (tertiary/aromatic N) is 3. The van der Waals surface area contributed by atoms with Crippen LogP contribution in [0.3, 0.4) is 0 Å². The van der Waals surface area contributed by atoms with Crippen LogP contribution in [0.25, 0.3) is 5.52 Å². The molecular formula is C15H18N4O. The predicted octanol–water partition coefficient (Wildman–Crippen LogP) is 3.42. The Morgan fingerprint density at radius 2 is 2.05 bits per heavy atom. The number of hydrogen-bond donors (Lipinski definition) is 1. The Balaban J connectivity index is 1.95. The van der Waals surface area contributed by atoms with Crippen LogP contribution in [-0.2, 0) is 0 Å². The van der Waals surface area contributed by atoms with E-state index in [1.807, 2.05) is 37.5 Å². The molecule has 0 fully saturated rings. The van der Waals surface area contributed by atoms with Gasteiger partial charge >= 0.3 is 0 Å². The number of nitrogens with one attached hydrogen (secondary N) is 1. The fourth-order valence-electron chi connectivity index (χ4n) is 2.52. The Kier molecular flexibility index (Phi) is 2.97. The molecule has 0 bridgehead atoms. The van der Waals surface area contributed by atoms with Crippen molar-refractivity contribution in [1.29, 1.82) is 0 Å². The van der Waals surface area contributed by atoms with Crippen molar-refractivity contribution in [2.24, 2.45) is 0 Å². The molecule has 1 unspecified atom stereocenters. The van der Waals surface area contributed by atoms with E-state index in [0.29, 0.717) is 0 Å². The van der Waals surface area contributed by atoms with Gasteiger partial charge in [0.15, 0.2) is 5.82 Å². The lowest BCUT2D eigenvalue weighted by molar-refractivity contribution is 0.500. The monoisotopic (exact) mass is 270 g/mol. The van der Waals surface area contributed by atoms with Gasteiger partial charge in [-0.25, -0.2) is 9.50 Å². The third-order valence-corrected chi connectivity index (χ3v) is 3.41. The van der Waals surface area contributed by atoms with Gasteiger partial charge in [-0.2, -0.15) is 5.10 Å². The molecule has 20 heavy (non-hydrogen) atoms. The first-order valence-electron chi connectivity index (χ1n) is 6.69. The molecule has 0 saturated carbocycles. The van der Waals surface area contributed by atoms with Crippen LogP contribution >= 0.6 is 0 Å². The highest BCUT2D eigenvalue weighted by atomic mass is 16.3. The molecule has 0 amide bonds. The second-order valence-electron chi connectivity index (χ2n) is 5.13. The molecule has 0 aliphatic heterocycles. The Bertz CT molecular complexity index is 756. The van der Waals surface area contributed by atoms with Crippen molar-refractivity contribution in [3.05, 3.63) is 47.3 Å². The fraction of sp³-hybridized carbons (Fsp3) is 0.333. The Morgan fingerprint density at radius 1 is 1.25 bits per heavy atom. The van der Waals surface area contributed by atoms with Crippen LogP contribution in [0, 0.1) is 20.8 Å². The van der Waals surface area contributed by atoms with Gasteiger partial charge in [-0.15, -0.1) is 0 Å². The molecule has 3 aromatic rings. The lowest BCUT2D eigenvalue weighted by atomic mass is 10.1. The summed E-state index contributed by atoms with van der Waals surface area (Å²) in [5.41, 5.74) is 3.11. The van der Waals surface area contributed by atoms with Crippen LogP contribution in [0.1, 0.15) is 35.7 Å². The van der Waals surface area contributed by atoms with Crippen molar-refractivity contribution in [1.82, 2.24) is 14.6 Å². The van der Waals surface area contributed by atoms with Crippen molar-refractivity contribution in [3.8, 4) is 0 Å². The Labute approximate surface area is 117 Å². The first kappa shape index (κ1) is 12.7. The number of fused-ring (bicyclic) bond motifs is 1. The van der Waals surface area contributed by atoms with Crippen molar-refractivity contribution < 1.29 is 4.42 Å². The average molecular weight is 270 g/mol. The molecule has 104 valence electrons. The van der Waals surface area contributed by atoms with Crippen molar-refractivity contribution in [3.63, 3.8) is 0 Å². The molecule has 1 atom stereocenters. The van der Waals surface area contributed by atoms with E-state index < -0.39 is 0 Å². The molecule has 5 heteroatoms. The summed E-state index contributed by atoms with van der Waals surface area (Å²) in [6.07, 6.45) is 3.60. The zero-order chi connectivity index (χ0) is 14.3. The summed E-state index contributed by atoms with van der Waals surface area (Å²) in [5, 5.41) is 7.83. The SMILES string of the molecule is Cc1cc2c(NC(C)c3cc(C)oc3C)nccn2n1. The third kappa shape index (κ3) is 2.15. The van der Waals surface area contributed by atoms with Gasteiger partial charge in [0.2, 0.25) is 0 Å². The van der Waals surface area contributed by atoms with Gasteiger partial charge < -0.3 is 9.73 Å². The molecule has 0 aliphatic carbocycles. The fourth-order valence-corrected chi connectivity index (χ4v) is 2.52. The van der Waals surface area contributed by atoms with E-state index in [4.69, 9.17) is 4.42 Å². The second-order valence-corrected chi connectivity index (χ2v) is 5.13. The predicted molar refractivity (Wildman–Crippen MR) is 77.9 cm³/mol. The summed E-state index contributed by atoms with van der Waals surface area (Å²) in [5.74, 6) is 2.70. The molecule has 3 heterocycles. The van der Waals surface area contributed by atoms with Gasteiger partial charge in [-0.1, -0.05) is 0 Å². The van der Waals surface area contributed by atoms with Gasteiger partial charge in [-0.05, 0) is 39.8 Å². The number of furan rings is 1. The van der Waals surface area contributed by atoms with Crippen LogP contribution in [0.5, 0.6) is 0 Å². The first-order valence-corrected chi connectivity index (χ1v) is 6.69. The number of hydrogen-bond acceptors (Lipinski definition) is 4.